The Balaban J connectivity index is 4.49. The number of hydrogen-bond donors (Lipinski definition) is 1. The third kappa shape index (κ3) is 9.06. The molecule has 0 aromatic carbocycles. The van der Waals surface area contributed by atoms with Crippen LogP contribution < -0.4 is 5.73 Å². The Kier molecular flexibility index (Phi) is 10.6. The zero-order valence-corrected chi connectivity index (χ0v) is 14.9. The molecule has 0 bridgehead atoms. The number of nitrogens with two attached hydrogens (primary N) is 1. The standard InChI is InChI=1S/C16H36N4O/c1-7-14(2)15(17)16(21)20(12-8-10-18(3)4)13-9-11-19(5)6/h14-15H,7-13,17H2,1-6H3/t14-,15-/m0/s1. The molecule has 0 unspecified atom stereocenters. The average Bonchev–Trinajstić information content (AvgIpc) is 2.42. The second-order valence-corrected chi connectivity index (χ2v) is 6.55. The summed E-state index contributed by atoms with van der Waals surface area (Å²) in [6.45, 7) is 7.73. The third-order valence-electron chi connectivity index (χ3n) is 3.92. The van der Waals surface area contributed by atoms with E-state index in [1.165, 1.54) is 0 Å². The van der Waals surface area contributed by atoms with Gasteiger partial charge in [0.05, 0.1) is 6.04 Å². The number of nitrogens with zero attached hydrogens (tertiary/aromatic N) is 3. The zero-order valence-electron chi connectivity index (χ0n) is 14.9. The van der Waals surface area contributed by atoms with Crippen molar-refractivity contribution in [1.82, 2.24) is 14.7 Å². The summed E-state index contributed by atoms with van der Waals surface area (Å²) in [5.74, 6) is 0.351. The molecule has 0 aromatic heterocycles. The van der Waals surface area contributed by atoms with Crippen LogP contribution in [-0.4, -0.2) is 81.0 Å². The lowest BCUT2D eigenvalue weighted by Gasteiger charge is -2.29. The lowest BCUT2D eigenvalue weighted by Crippen LogP contribution is -2.48. The molecule has 0 heterocycles. The van der Waals surface area contributed by atoms with E-state index in [2.05, 4.69) is 51.8 Å². The van der Waals surface area contributed by atoms with Crippen LogP contribution in [0, 0.1) is 5.92 Å². The minimum absolute atomic E-state index is 0.113. The van der Waals surface area contributed by atoms with Crippen molar-refractivity contribution < 1.29 is 4.79 Å². The molecule has 0 aliphatic heterocycles. The van der Waals surface area contributed by atoms with Crippen molar-refractivity contribution in [2.75, 3.05) is 54.4 Å². The van der Waals surface area contributed by atoms with Crippen molar-refractivity contribution in [3.8, 4) is 0 Å². The van der Waals surface area contributed by atoms with Gasteiger partial charge < -0.3 is 20.4 Å². The van der Waals surface area contributed by atoms with Crippen LogP contribution in [0.1, 0.15) is 33.1 Å². The second-order valence-electron chi connectivity index (χ2n) is 6.55. The summed E-state index contributed by atoms with van der Waals surface area (Å²) in [5.41, 5.74) is 6.12. The van der Waals surface area contributed by atoms with E-state index in [4.69, 9.17) is 5.73 Å². The number of carbonyl (C=O) groups excluding carboxylic acids is 1. The first-order valence-corrected chi connectivity index (χ1v) is 8.13. The Hall–Kier alpha value is -0.650. The first kappa shape index (κ1) is 20.3. The van der Waals surface area contributed by atoms with Gasteiger partial charge in [-0.1, -0.05) is 20.3 Å². The fraction of sp³-hybridized carbons (Fsp3) is 0.938. The van der Waals surface area contributed by atoms with Gasteiger partial charge in [0.15, 0.2) is 0 Å². The largest absolute Gasteiger partial charge is 0.341 e. The van der Waals surface area contributed by atoms with Crippen LogP contribution in [-0.2, 0) is 4.79 Å². The topological polar surface area (TPSA) is 52.8 Å². The maximum Gasteiger partial charge on any atom is 0.239 e. The van der Waals surface area contributed by atoms with Crippen molar-refractivity contribution in [2.24, 2.45) is 11.7 Å². The molecule has 5 nitrogen and oxygen atoms in total. The smallest absolute Gasteiger partial charge is 0.239 e. The normalized spacial score (nSPS) is 14.5. The molecule has 2 N–H and O–H groups in total. The maximum atomic E-state index is 12.6. The molecule has 0 saturated heterocycles. The van der Waals surface area contributed by atoms with Crippen LogP contribution >= 0.6 is 0 Å². The van der Waals surface area contributed by atoms with Crippen molar-refractivity contribution in [1.29, 1.82) is 0 Å². The van der Waals surface area contributed by atoms with E-state index in [0.29, 0.717) is 0 Å². The van der Waals surface area contributed by atoms with Gasteiger partial charge in [0, 0.05) is 13.1 Å². The second kappa shape index (κ2) is 11.0. The highest BCUT2D eigenvalue weighted by molar-refractivity contribution is 5.81. The molecule has 0 aliphatic rings. The van der Waals surface area contributed by atoms with E-state index < -0.39 is 0 Å². The van der Waals surface area contributed by atoms with Gasteiger partial charge in [-0.2, -0.15) is 0 Å². The SMILES string of the molecule is CC[C@H](C)[C@H](N)C(=O)N(CCCN(C)C)CCCN(C)C. The van der Waals surface area contributed by atoms with E-state index in [-0.39, 0.29) is 17.9 Å². The van der Waals surface area contributed by atoms with Crippen LogP contribution in [0.25, 0.3) is 0 Å². The first-order valence-electron chi connectivity index (χ1n) is 8.13. The van der Waals surface area contributed by atoms with Gasteiger partial charge in [-0.25, -0.2) is 0 Å². The monoisotopic (exact) mass is 300 g/mol. The highest BCUT2D eigenvalue weighted by Crippen LogP contribution is 2.09. The molecule has 5 heteroatoms. The van der Waals surface area contributed by atoms with E-state index in [1.54, 1.807) is 0 Å². The maximum absolute atomic E-state index is 12.6. The van der Waals surface area contributed by atoms with Crippen LogP contribution in [0.5, 0.6) is 0 Å². The molecule has 126 valence electrons. The predicted octanol–water partition coefficient (Wildman–Crippen LogP) is 1.09. The predicted molar refractivity (Wildman–Crippen MR) is 90.4 cm³/mol. The van der Waals surface area contributed by atoms with E-state index in [9.17, 15) is 4.79 Å². The molecule has 0 saturated carbocycles. The van der Waals surface area contributed by atoms with E-state index in [1.807, 2.05) is 4.90 Å². The van der Waals surface area contributed by atoms with E-state index >= 15 is 0 Å². The first-order chi connectivity index (χ1) is 9.79. The summed E-state index contributed by atoms with van der Waals surface area (Å²) >= 11 is 0. The van der Waals surface area contributed by atoms with Gasteiger partial charge in [-0.05, 0) is 60.0 Å². The summed E-state index contributed by atoms with van der Waals surface area (Å²) in [5, 5.41) is 0. The Labute approximate surface area is 131 Å². The molecule has 0 spiro atoms. The molecule has 0 rings (SSSR count). The summed E-state index contributed by atoms with van der Waals surface area (Å²) in [6.07, 6.45) is 2.93. The molecule has 0 aliphatic carbocycles. The fourth-order valence-corrected chi connectivity index (χ4v) is 2.20. The molecular formula is C16H36N4O. The number of rotatable bonds is 11. The lowest BCUT2D eigenvalue weighted by atomic mass is 9.98. The third-order valence-corrected chi connectivity index (χ3v) is 3.92. The number of carbonyl (C=O) groups is 1. The van der Waals surface area contributed by atoms with Crippen LogP contribution in [0.4, 0.5) is 0 Å². The van der Waals surface area contributed by atoms with Crippen LogP contribution in [0.3, 0.4) is 0 Å². The lowest BCUT2D eigenvalue weighted by molar-refractivity contribution is -0.134. The van der Waals surface area contributed by atoms with Gasteiger partial charge in [-0.15, -0.1) is 0 Å². The molecule has 0 radical (unpaired) electrons. The van der Waals surface area contributed by atoms with Gasteiger partial charge in [0.25, 0.3) is 0 Å². The number of amides is 1. The fourth-order valence-electron chi connectivity index (χ4n) is 2.20. The Morgan fingerprint density at radius 3 is 1.71 bits per heavy atom. The summed E-state index contributed by atoms with van der Waals surface area (Å²) in [4.78, 5) is 18.8. The molecule has 21 heavy (non-hydrogen) atoms. The molecule has 0 aromatic rings. The van der Waals surface area contributed by atoms with Crippen LogP contribution in [0.15, 0.2) is 0 Å². The minimum atomic E-state index is -0.367. The van der Waals surface area contributed by atoms with E-state index in [0.717, 1.165) is 45.4 Å². The zero-order chi connectivity index (χ0) is 16.4. The van der Waals surface area contributed by atoms with Gasteiger partial charge in [0.1, 0.15) is 0 Å². The summed E-state index contributed by atoms with van der Waals surface area (Å²) < 4.78 is 0. The Morgan fingerprint density at radius 1 is 0.952 bits per heavy atom. The van der Waals surface area contributed by atoms with Crippen molar-refractivity contribution in [3.05, 3.63) is 0 Å². The molecular weight excluding hydrogens is 264 g/mol. The number of hydrogen-bond acceptors (Lipinski definition) is 4. The van der Waals surface area contributed by atoms with Gasteiger partial charge in [-0.3, -0.25) is 4.79 Å². The van der Waals surface area contributed by atoms with Crippen molar-refractivity contribution in [2.45, 2.75) is 39.2 Å². The highest BCUT2D eigenvalue weighted by Gasteiger charge is 2.24. The van der Waals surface area contributed by atoms with Crippen molar-refractivity contribution >= 4 is 5.91 Å². The molecule has 2 atom stereocenters. The Bertz CT molecular complexity index is 267. The minimum Gasteiger partial charge on any atom is -0.341 e. The summed E-state index contributed by atoms with van der Waals surface area (Å²) in [6, 6.07) is -0.367. The quantitative estimate of drug-likeness (QED) is 0.621. The Morgan fingerprint density at radius 2 is 1.38 bits per heavy atom. The van der Waals surface area contributed by atoms with Gasteiger partial charge >= 0.3 is 0 Å². The highest BCUT2D eigenvalue weighted by atomic mass is 16.2. The molecule has 0 fully saturated rings. The molecule has 1 amide bonds. The van der Waals surface area contributed by atoms with Crippen molar-refractivity contribution in [3.63, 3.8) is 0 Å². The average molecular weight is 300 g/mol. The van der Waals surface area contributed by atoms with Crippen LogP contribution in [0.2, 0.25) is 0 Å². The van der Waals surface area contributed by atoms with Gasteiger partial charge in [0.2, 0.25) is 5.91 Å². The summed E-state index contributed by atoms with van der Waals surface area (Å²) in [7, 11) is 8.23.